The fourth-order valence-corrected chi connectivity index (χ4v) is 1.56. The van der Waals surface area contributed by atoms with Crippen LogP contribution in [0, 0.1) is 3.57 Å². The minimum Gasteiger partial charge on any atom is -0.490 e. The van der Waals surface area contributed by atoms with E-state index in [0.717, 1.165) is 9.32 Å². The highest BCUT2D eigenvalue weighted by Crippen LogP contribution is 2.19. The molecule has 0 atom stereocenters. The van der Waals surface area contributed by atoms with Crippen LogP contribution in [0.2, 0.25) is 0 Å². The van der Waals surface area contributed by atoms with Crippen LogP contribution >= 0.6 is 22.6 Å². The van der Waals surface area contributed by atoms with E-state index >= 15 is 0 Å². The summed E-state index contributed by atoms with van der Waals surface area (Å²) in [4.78, 5) is 0. The van der Waals surface area contributed by atoms with Crippen molar-refractivity contribution in [3.63, 3.8) is 0 Å². The summed E-state index contributed by atoms with van der Waals surface area (Å²) >= 11 is 2.25. The Morgan fingerprint density at radius 3 is 2.53 bits per heavy atom. The molecule has 84 valence electrons. The first-order valence-corrected chi connectivity index (χ1v) is 5.86. The molecule has 0 radical (unpaired) electrons. The van der Waals surface area contributed by atoms with E-state index in [1.807, 2.05) is 24.3 Å². The molecular formula is C11H15IO3. The summed E-state index contributed by atoms with van der Waals surface area (Å²) in [6.07, 6.45) is 0. The van der Waals surface area contributed by atoms with Crippen LogP contribution < -0.4 is 4.74 Å². The van der Waals surface area contributed by atoms with Crippen LogP contribution in [0.4, 0.5) is 0 Å². The highest BCUT2D eigenvalue weighted by atomic mass is 127. The van der Waals surface area contributed by atoms with E-state index in [1.54, 1.807) is 7.11 Å². The summed E-state index contributed by atoms with van der Waals surface area (Å²) in [5.41, 5.74) is 0. The third-order valence-corrected chi connectivity index (χ3v) is 2.64. The van der Waals surface area contributed by atoms with Crippen LogP contribution in [0.3, 0.4) is 0 Å². The van der Waals surface area contributed by atoms with Crippen molar-refractivity contribution in [3.8, 4) is 5.75 Å². The first kappa shape index (κ1) is 12.7. The summed E-state index contributed by atoms with van der Waals surface area (Å²) in [6, 6.07) is 7.92. The van der Waals surface area contributed by atoms with E-state index in [4.69, 9.17) is 14.2 Å². The molecule has 3 nitrogen and oxygen atoms in total. The number of rotatable bonds is 7. The van der Waals surface area contributed by atoms with Gasteiger partial charge in [0, 0.05) is 7.11 Å². The normalized spacial score (nSPS) is 10.3. The average molecular weight is 322 g/mol. The molecule has 0 N–H and O–H groups in total. The van der Waals surface area contributed by atoms with Gasteiger partial charge in [-0.15, -0.1) is 0 Å². The quantitative estimate of drug-likeness (QED) is 0.570. The molecule has 1 rings (SSSR count). The lowest BCUT2D eigenvalue weighted by molar-refractivity contribution is 0.0543. The molecule has 0 saturated carbocycles. The summed E-state index contributed by atoms with van der Waals surface area (Å²) in [6.45, 7) is 2.41. The SMILES string of the molecule is COCCOCCOc1ccccc1I. The van der Waals surface area contributed by atoms with Gasteiger partial charge < -0.3 is 14.2 Å². The molecule has 0 heterocycles. The number of hydrogen-bond acceptors (Lipinski definition) is 3. The lowest BCUT2D eigenvalue weighted by Gasteiger charge is -2.08. The van der Waals surface area contributed by atoms with Crippen molar-refractivity contribution in [1.82, 2.24) is 0 Å². The van der Waals surface area contributed by atoms with Crippen molar-refractivity contribution in [2.75, 3.05) is 33.5 Å². The minimum atomic E-state index is 0.573. The van der Waals surface area contributed by atoms with Crippen molar-refractivity contribution in [3.05, 3.63) is 27.8 Å². The van der Waals surface area contributed by atoms with Gasteiger partial charge in [-0.25, -0.2) is 0 Å². The van der Waals surface area contributed by atoms with Gasteiger partial charge in [-0.2, -0.15) is 0 Å². The smallest absolute Gasteiger partial charge is 0.132 e. The third-order valence-electron chi connectivity index (χ3n) is 1.75. The predicted molar refractivity (Wildman–Crippen MR) is 67.3 cm³/mol. The lowest BCUT2D eigenvalue weighted by atomic mass is 10.3. The van der Waals surface area contributed by atoms with Gasteiger partial charge in [0.25, 0.3) is 0 Å². The van der Waals surface area contributed by atoms with Crippen LogP contribution in [0.1, 0.15) is 0 Å². The van der Waals surface area contributed by atoms with Gasteiger partial charge in [0.1, 0.15) is 12.4 Å². The zero-order valence-electron chi connectivity index (χ0n) is 8.74. The molecule has 0 aliphatic rings. The summed E-state index contributed by atoms with van der Waals surface area (Å²) in [5, 5.41) is 0. The lowest BCUT2D eigenvalue weighted by Crippen LogP contribution is -2.10. The Balaban J connectivity index is 2.12. The summed E-state index contributed by atoms with van der Waals surface area (Å²) < 4.78 is 16.8. The number of benzene rings is 1. The maximum absolute atomic E-state index is 5.54. The van der Waals surface area contributed by atoms with Crippen molar-refractivity contribution < 1.29 is 14.2 Å². The van der Waals surface area contributed by atoms with Gasteiger partial charge in [0.2, 0.25) is 0 Å². The molecule has 0 unspecified atom stereocenters. The van der Waals surface area contributed by atoms with Crippen LogP contribution in [0.15, 0.2) is 24.3 Å². The molecule has 1 aromatic carbocycles. The second-order valence-electron chi connectivity index (χ2n) is 2.88. The topological polar surface area (TPSA) is 27.7 Å². The number of halogens is 1. The summed E-state index contributed by atoms with van der Waals surface area (Å²) in [7, 11) is 1.66. The van der Waals surface area contributed by atoms with Crippen LogP contribution in [-0.4, -0.2) is 33.5 Å². The Bertz CT molecular complexity index is 278. The zero-order valence-corrected chi connectivity index (χ0v) is 10.9. The van der Waals surface area contributed by atoms with Gasteiger partial charge in [-0.1, -0.05) is 12.1 Å². The Morgan fingerprint density at radius 2 is 1.80 bits per heavy atom. The van der Waals surface area contributed by atoms with Crippen LogP contribution in [0.5, 0.6) is 5.75 Å². The fraction of sp³-hybridized carbons (Fsp3) is 0.455. The summed E-state index contributed by atoms with van der Waals surface area (Å²) in [5.74, 6) is 0.911. The van der Waals surface area contributed by atoms with Crippen molar-refractivity contribution in [2.45, 2.75) is 0 Å². The minimum absolute atomic E-state index is 0.573. The number of ether oxygens (including phenoxy) is 3. The van der Waals surface area contributed by atoms with Crippen molar-refractivity contribution in [2.24, 2.45) is 0 Å². The first-order chi connectivity index (χ1) is 7.34. The second kappa shape index (κ2) is 7.90. The number of hydrogen-bond donors (Lipinski definition) is 0. The Labute approximate surface area is 104 Å². The molecule has 0 saturated heterocycles. The second-order valence-corrected chi connectivity index (χ2v) is 4.05. The molecule has 0 aliphatic carbocycles. The monoisotopic (exact) mass is 322 g/mol. The molecule has 15 heavy (non-hydrogen) atoms. The van der Waals surface area contributed by atoms with Crippen LogP contribution in [-0.2, 0) is 9.47 Å². The zero-order chi connectivity index (χ0) is 10.9. The predicted octanol–water partition coefficient (Wildman–Crippen LogP) is 2.33. The van der Waals surface area contributed by atoms with E-state index in [1.165, 1.54) is 0 Å². The Hall–Kier alpha value is -0.330. The Kier molecular flexibility index (Phi) is 6.71. The molecule has 0 spiro atoms. The number of methoxy groups -OCH3 is 1. The fourth-order valence-electron chi connectivity index (χ4n) is 1.02. The van der Waals surface area contributed by atoms with Crippen molar-refractivity contribution in [1.29, 1.82) is 0 Å². The van der Waals surface area contributed by atoms with Gasteiger partial charge in [0.15, 0.2) is 0 Å². The average Bonchev–Trinajstić information content (AvgIpc) is 2.25. The van der Waals surface area contributed by atoms with E-state index in [2.05, 4.69) is 22.6 Å². The molecule has 0 aliphatic heterocycles. The van der Waals surface area contributed by atoms with Gasteiger partial charge >= 0.3 is 0 Å². The highest BCUT2D eigenvalue weighted by molar-refractivity contribution is 14.1. The van der Waals surface area contributed by atoms with E-state index in [9.17, 15) is 0 Å². The Morgan fingerprint density at radius 1 is 1.07 bits per heavy atom. The maximum atomic E-state index is 5.54. The highest BCUT2D eigenvalue weighted by Gasteiger charge is 1.98. The van der Waals surface area contributed by atoms with E-state index in [-0.39, 0.29) is 0 Å². The molecule has 0 bridgehead atoms. The molecule has 0 amide bonds. The molecule has 0 aromatic heterocycles. The largest absolute Gasteiger partial charge is 0.490 e. The third kappa shape index (κ3) is 5.34. The van der Waals surface area contributed by atoms with Crippen LogP contribution in [0.25, 0.3) is 0 Å². The molecular weight excluding hydrogens is 307 g/mol. The van der Waals surface area contributed by atoms with Gasteiger partial charge in [-0.05, 0) is 34.7 Å². The first-order valence-electron chi connectivity index (χ1n) is 4.78. The molecule has 0 fully saturated rings. The number of para-hydroxylation sites is 1. The molecule has 4 heteroatoms. The molecule has 1 aromatic rings. The standard InChI is InChI=1S/C11H15IO3/c1-13-6-7-14-8-9-15-11-5-3-2-4-10(11)12/h2-5H,6-9H2,1H3. The van der Waals surface area contributed by atoms with E-state index < -0.39 is 0 Å². The maximum Gasteiger partial charge on any atom is 0.132 e. The van der Waals surface area contributed by atoms with Crippen molar-refractivity contribution >= 4 is 22.6 Å². The van der Waals surface area contributed by atoms with Gasteiger partial charge in [0.05, 0.1) is 23.4 Å². The van der Waals surface area contributed by atoms with Gasteiger partial charge in [-0.3, -0.25) is 0 Å². The van der Waals surface area contributed by atoms with E-state index in [0.29, 0.717) is 26.4 Å².